The minimum Gasteiger partial charge on any atom is -0.480 e. The number of nitrogens with zero attached hydrogens (tertiary/aromatic N) is 5. The minimum absolute atomic E-state index is 0.00502. The van der Waals surface area contributed by atoms with Crippen LogP contribution in [0.15, 0.2) is 54.9 Å². The summed E-state index contributed by atoms with van der Waals surface area (Å²) >= 11 is 18.7. The summed E-state index contributed by atoms with van der Waals surface area (Å²) in [4.78, 5) is 78.3. The highest BCUT2D eigenvalue weighted by Crippen LogP contribution is 2.31. The highest BCUT2D eigenvalue weighted by Gasteiger charge is 2.23. The number of nitrogens with one attached hydrogen (secondary N) is 2. The maximum atomic E-state index is 12.7. The zero-order chi connectivity index (χ0) is 44.7. The molecule has 1 aliphatic rings. The molecule has 0 aliphatic carbocycles. The van der Waals surface area contributed by atoms with Crippen LogP contribution >= 0.6 is 34.8 Å². The molecule has 6 N–H and O–H groups in total. The maximum absolute atomic E-state index is 12.7. The van der Waals surface area contributed by atoms with Crippen molar-refractivity contribution in [3.05, 3.63) is 81.1 Å². The molecule has 61 heavy (non-hydrogen) atoms. The first-order valence-electron chi connectivity index (χ1n) is 19.6. The van der Waals surface area contributed by atoms with Crippen LogP contribution in [-0.4, -0.2) is 172 Å². The Balaban J connectivity index is 1.32. The summed E-state index contributed by atoms with van der Waals surface area (Å²) in [6.07, 6.45) is 6.36. The van der Waals surface area contributed by atoms with Gasteiger partial charge in [-0.25, -0.2) is 0 Å². The van der Waals surface area contributed by atoms with Gasteiger partial charge in [0.25, 0.3) is 0 Å². The molecule has 0 bridgehead atoms. The van der Waals surface area contributed by atoms with E-state index in [2.05, 4.69) is 10.6 Å². The SMILES string of the molecule is O=C(O)CN(CCN(CC(=O)O)CC(=O)O)CCN(CC(=O)O)CC(=O)NCCCCCCNC(=O)CN1C=CN(CC(OCc2ccc(Cl)cc2)c2ccc(Cl)cc2Cl)C1. The highest BCUT2D eigenvalue weighted by molar-refractivity contribution is 6.35. The first-order valence-corrected chi connectivity index (χ1v) is 20.7. The average molecular weight is 915 g/mol. The van der Waals surface area contributed by atoms with Crippen molar-refractivity contribution in [2.75, 3.05) is 91.8 Å². The van der Waals surface area contributed by atoms with Crippen molar-refractivity contribution in [1.82, 2.24) is 35.1 Å². The van der Waals surface area contributed by atoms with Gasteiger partial charge in [0.1, 0.15) is 6.10 Å². The number of ether oxygens (including phenoxy) is 1. The van der Waals surface area contributed by atoms with Crippen LogP contribution in [0.4, 0.5) is 0 Å². The number of carbonyl (C=O) groups excluding carboxylic acids is 2. The Hall–Kier alpha value is -4.69. The Morgan fingerprint density at radius 1 is 0.623 bits per heavy atom. The van der Waals surface area contributed by atoms with E-state index in [4.69, 9.17) is 49.8 Å². The minimum atomic E-state index is -1.24. The van der Waals surface area contributed by atoms with Crippen LogP contribution in [0.25, 0.3) is 0 Å². The van der Waals surface area contributed by atoms with Crippen LogP contribution in [0, 0.1) is 0 Å². The Kier molecular flexibility index (Phi) is 22.7. The number of hydrogen-bond acceptors (Lipinski definition) is 12. The largest absolute Gasteiger partial charge is 0.480 e. The molecule has 336 valence electrons. The molecule has 0 saturated heterocycles. The van der Waals surface area contributed by atoms with Gasteiger partial charge in [0.15, 0.2) is 0 Å². The van der Waals surface area contributed by atoms with Crippen molar-refractivity contribution < 1.29 is 53.9 Å². The van der Waals surface area contributed by atoms with Gasteiger partial charge in [0.05, 0.1) is 52.5 Å². The molecule has 0 radical (unpaired) electrons. The lowest BCUT2D eigenvalue weighted by atomic mass is 10.1. The molecule has 0 fully saturated rings. The van der Waals surface area contributed by atoms with Gasteiger partial charge in [-0.05, 0) is 42.7 Å². The standard InChI is InChI=1S/C40H54Cl3N7O11/c41-30-7-5-29(6-8-30)27-61-34(32-10-9-31(42)19-33(32)43)20-49-17-18-50(28-49)22-36(52)45-12-4-2-1-3-11-44-35(51)21-47(24-38(55)56)15-13-46(23-37(53)54)14-16-48(25-39(57)58)26-40(59)60/h5-10,17-19,34H,1-4,11-16,20-28H2,(H,44,51)(H,45,52)(H,53,54)(H,55,56)(H,57,58)(H,59,60). The fourth-order valence-corrected chi connectivity index (χ4v) is 6.97. The lowest BCUT2D eigenvalue weighted by Crippen LogP contribution is -2.46. The molecule has 3 rings (SSSR count). The van der Waals surface area contributed by atoms with Crippen molar-refractivity contribution in [2.45, 2.75) is 38.4 Å². The molecule has 0 aromatic heterocycles. The quantitative estimate of drug-likeness (QED) is 0.0597. The van der Waals surface area contributed by atoms with Gasteiger partial charge in [-0.1, -0.05) is 65.8 Å². The van der Waals surface area contributed by atoms with Gasteiger partial charge in [0, 0.05) is 78.8 Å². The third-order valence-corrected chi connectivity index (χ3v) is 10.1. The van der Waals surface area contributed by atoms with Gasteiger partial charge >= 0.3 is 23.9 Å². The molecule has 2 amide bonds. The molecule has 1 aliphatic heterocycles. The third-order valence-electron chi connectivity index (χ3n) is 9.29. The Morgan fingerprint density at radius 2 is 1.11 bits per heavy atom. The summed E-state index contributed by atoms with van der Waals surface area (Å²) in [6.45, 7) is 0.0406. The van der Waals surface area contributed by atoms with Gasteiger partial charge in [0.2, 0.25) is 11.8 Å². The number of amides is 2. The van der Waals surface area contributed by atoms with Crippen LogP contribution in [0.3, 0.4) is 0 Å². The first kappa shape index (κ1) is 50.7. The molecule has 2 aromatic rings. The number of carbonyl (C=O) groups is 6. The molecule has 0 spiro atoms. The second-order valence-electron chi connectivity index (χ2n) is 14.4. The molecule has 1 atom stereocenters. The number of hydrogen-bond donors (Lipinski definition) is 6. The van der Waals surface area contributed by atoms with E-state index in [-0.39, 0.29) is 51.3 Å². The zero-order valence-corrected chi connectivity index (χ0v) is 36.0. The van der Waals surface area contributed by atoms with Gasteiger partial charge in [-0.2, -0.15) is 0 Å². The summed E-state index contributed by atoms with van der Waals surface area (Å²) in [7, 11) is 0. The van der Waals surface area contributed by atoms with Crippen molar-refractivity contribution in [2.24, 2.45) is 0 Å². The highest BCUT2D eigenvalue weighted by atomic mass is 35.5. The van der Waals surface area contributed by atoms with Gasteiger partial charge in [-0.3, -0.25) is 43.5 Å². The van der Waals surface area contributed by atoms with Crippen molar-refractivity contribution in [3.8, 4) is 0 Å². The molecule has 1 unspecified atom stereocenters. The van der Waals surface area contributed by atoms with E-state index >= 15 is 0 Å². The Bertz CT molecular complexity index is 1770. The van der Waals surface area contributed by atoms with Crippen LogP contribution in [0.5, 0.6) is 0 Å². The number of carboxylic acid groups (broad SMARTS) is 4. The number of aliphatic carboxylic acids is 4. The van der Waals surface area contributed by atoms with Crippen molar-refractivity contribution in [3.63, 3.8) is 0 Å². The second kappa shape index (κ2) is 27.3. The molecule has 0 saturated carbocycles. The summed E-state index contributed by atoms with van der Waals surface area (Å²) in [5, 5.41) is 44.2. The zero-order valence-electron chi connectivity index (χ0n) is 33.7. The number of unbranched alkanes of at least 4 members (excludes halogenated alkanes) is 3. The predicted molar refractivity (Wildman–Crippen MR) is 227 cm³/mol. The van der Waals surface area contributed by atoms with Crippen molar-refractivity contribution in [1.29, 1.82) is 0 Å². The number of benzene rings is 2. The topological polar surface area (TPSA) is 233 Å². The summed E-state index contributed by atoms with van der Waals surface area (Å²) in [6, 6.07) is 12.7. The molecule has 2 aromatic carbocycles. The molecular weight excluding hydrogens is 861 g/mol. The number of rotatable bonds is 31. The summed E-state index contributed by atoms with van der Waals surface area (Å²) in [5.74, 6) is -5.37. The molecular formula is C40H54Cl3N7O11. The Labute approximate surface area is 369 Å². The van der Waals surface area contributed by atoms with E-state index < -0.39 is 56.0 Å². The van der Waals surface area contributed by atoms with E-state index in [9.17, 15) is 39.0 Å². The van der Waals surface area contributed by atoms with Crippen molar-refractivity contribution >= 4 is 70.5 Å². The van der Waals surface area contributed by atoms with E-state index in [1.807, 2.05) is 40.4 Å². The Morgan fingerprint density at radius 3 is 1.67 bits per heavy atom. The fraction of sp³-hybridized carbons (Fsp3) is 0.500. The summed E-state index contributed by atoms with van der Waals surface area (Å²) < 4.78 is 6.32. The lowest BCUT2D eigenvalue weighted by molar-refractivity contribution is -0.143. The van der Waals surface area contributed by atoms with E-state index in [1.165, 1.54) is 9.80 Å². The second-order valence-corrected chi connectivity index (χ2v) is 15.7. The first-order chi connectivity index (χ1) is 29.1. The number of halogens is 3. The van der Waals surface area contributed by atoms with Gasteiger partial charge in [-0.15, -0.1) is 0 Å². The summed E-state index contributed by atoms with van der Waals surface area (Å²) in [5.41, 5.74) is 1.75. The van der Waals surface area contributed by atoms with Crippen LogP contribution in [0.1, 0.15) is 42.9 Å². The van der Waals surface area contributed by atoms with E-state index in [1.54, 1.807) is 24.3 Å². The van der Waals surface area contributed by atoms with Crippen LogP contribution in [-0.2, 0) is 40.1 Å². The van der Waals surface area contributed by atoms with Crippen LogP contribution in [0.2, 0.25) is 15.1 Å². The third kappa shape index (κ3) is 21.6. The normalized spacial score (nSPS) is 13.0. The van der Waals surface area contributed by atoms with Gasteiger partial charge < -0.3 is 45.6 Å². The monoisotopic (exact) mass is 913 g/mol. The molecule has 21 heteroatoms. The average Bonchev–Trinajstić information content (AvgIpc) is 3.61. The molecule has 1 heterocycles. The van der Waals surface area contributed by atoms with Crippen LogP contribution < -0.4 is 10.6 Å². The fourth-order valence-electron chi connectivity index (χ4n) is 6.32. The number of carboxylic acids is 4. The lowest BCUT2D eigenvalue weighted by Gasteiger charge is -2.27. The molecule has 18 nitrogen and oxygen atoms in total. The smallest absolute Gasteiger partial charge is 0.317 e. The predicted octanol–water partition coefficient (Wildman–Crippen LogP) is 2.99. The maximum Gasteiger partial charge on any atom is 0.317 e. The van der Waals surface area contributed by atoms with E-state index in [0.29, 0.717) is 54.4 Å². The van der Waals surface area contributed by atoms with E-state index in [0.717, 1.165) is 35.3 Å².